The van der Waals surface area contributed by atoms with Gasteiger partial charge in [0.15, 0.2) is 0 Å². The number of aliphatic hydroxyl groups excluding tert-OH is 2. The number of benzene rings is 2. The Balaban J connectivity index is 1.62. The summed E-state index contributed by atoms with van der Waals surface area (Å²) in [5.74, 6) is -0.685. The molecule has 0 heterocycles. The van der Waals surface area contributed by atoms with Gasteiger partial charge < -0.3 is 19.7 Å². The summed E-state index contributed by atoms with van der Waals surface area (Å²) in [5.41, 5.74) is 4.45. The molecule has 1 fully saturated rings. The van der Waals surface area contributed by atoms with E-state index in [4.69, 9.17) is 14.6 Å². The molecular formula is C34H46O6. The Morgan fingerprint density at radius 1 is 0.900 bits per heavy atom. The Labute approximate surface area is 239 Å². The van der Waals surface area contributed by atoms with Crippen LogP contribution in [0.3, 0.4) is 0 Å². The summed E-state index contributed by atoms with van der Waals surface area (Å²) in [7, 11) is 0. The van der Waals surface area contributed by atoms with E-state index in [0.29, 0.717) is 5.92 Å². The van der Waals surface area contributed by atoms with Gasteiger partial charge in [-0.3, -0.25) is 4.79 Å². The summed E-state index contributed by atoms with van der Waals surface area (Å²) in [4.78, 5) is 24.1. The van der Waals surface area contributed by atoms with E-state index in [0.717, 1.165) is 22.6 Å². The number of aliphatic hydroxyl groups is 2. The highest BCUT2D eigenvalue weighted by molar-refractivity contribution is 5.87. The first-order valence-electron chi connectivity index (χ1n) is 14.8. The molecule has 0 amide bonds. The van der Waals surface area contributed by atoms with E-state index in [2.05, 4.69) is 37.8 Å². The molecule has 1 aliphatic carbocycles. The molecule has 2 aromatic carbocycles. The van der Waals surface area contributed by atoms with Gasteiger partial charge in [0.2, 0.25) is 0 Å². The maximum absolute atomic E-state index is 12.1. The number of hydrogen-bond acceptors (Lipinski definition) is 6. The van der Waals surface area contributed by atoms with Gasteiger partial charge in [-0.2, -0.15) is 0 Å². The first kappa shape index (κ1) is 31.6. The van der Waals surface area contributed by atoms with Gasteiger partial charge in [-0.05, 0) is 66.7 Å². The lowest BCUT2D eigenvalue weighted by Crippen LogP contribution is -2.24. The lowest BCUT2D eigenvalue weighted by Gasteiger charge is -2.29. The van der Waals surface area contributed by atoms with E-state index in [9.17, 15) is 14.7 Å². The molecule has 218 valence electrons. The molecule has 6 heteroatoms. The van der Waals surface area contributed by atoms with E-state index >= 15 is 0 Å². The molecule has 6 nitrogen and oxygen atoms in total. The zero-order valence-electron chi connectivity index (χ0n) is 24.1. The third-order valence-electron chi connectivity index (χ3n) is 8.16. The largest absolute Gasteiger partial charge is 0.465 e. The highest BCUT2D eigenvalue weighted by Gasteiger charge is 2.23. The van der Waals surface area contributed by atoms with E-state index in [1.54, 1.807) is 6.92 Å². The minimum atomic E-state index is -0.691. The Morgan fingerprint density at radius 2 is 1.50 bits per heavy atom. The van der Waals surface area contributed by atoms with Crippen LogP contribution in [-0.4, -0.2) is 48.6 Å². The number of carbonyl (C=O) groups excluding carboxylic acids is 2. The molecule has 2 aromatic rings. The quantitative estimate of drug-likeness (QED) is 0.148. The van der Waals surface area contributed by atoms with Crippen molar-refractivity contribution in [2.45, 2.75) is 77.0 Å². The van der Waals surface area contributed by atoms with Crippen molar-refractivity contribution < 1.29 is 29.3 Å². The fourth-order valence-corrected chi connectivity index (χ4v) is 5.35. The van der Waals surface area contributed by atoms with Crippen molar-refractivity contribution in [2.24, 2.45) is 11.8 Å². The molecule has 0 spiro atoms. The Bertz CT molecular complexity index is 1070. The Hall–Kier alpha value is -2.96. The predicted octanol–water partition coefficient (Wildman–Crippen LogP) is 6.55. The van der Waals surface area contributed by atoms with Crippen LogP contribution < -0.4 is 0 Å². The first-order chi connectivity index (χ1) is 19.4. The second-order valence-electron chi connectivity index (χ2n) is 11.2. The second kappa shape index (κ2) is 16.3. The van der Waals surface area contributed by atoms with Crippen LogP contribution in [0.1, 0.15) is 88.2 Å². The number of unbranched alkanes of at least 4 members (excludes halogenated alkanes) is 2. The number of rotatable bonds is 15. The fourth-order valence-electron chi connectivity index (χ4n) is 5.35. The lowest BCUT2D eigenvalue weighted by atomic mass is 9.77. The van der Waals surface area contributed by atoms with Crippen LogP contribution in [0.5, 0.6) is 0 Å². The third kappa shape index (κ3) is 9.31. The minimum absolute atomic E-state index is 0.00303. The van der Waals surface area contributed by atoms with E-state index in [1.807, 2.05) is 24.3 Å². The third-order valence-corrected chi connectivity index (χ3v) is 8.16. The van der Waals surface area contributed by atoms with Gasteiger partial charge >= 0.3 is 11.9 Å². The Kier molecular flexibility index (Phi) is 12.9. The van der Waals surface area contributed by atoms with Crippen LogP contribution >= 0.6 is 0 Å². The van der Waals surface area contributed by atoms with Gasteiger partial charge in [-0.1, -0.05) is 87.7 Å². The highest BCUT2D eigenvalue weighted by Crippen LogP contribution is 2.38. The zero-order valence-corrected chi connectivity index (χ0v) is 24.1. The summed E-state index contributed by atoms with van der Waals surface area (Å²) in [6.45, 7) is 6.52. The van der Waals surface area contributed by atoms with Crippen molar-refractivity contribution >= 4 is 11.9 Å². The number of esters is 2. The van der Waals surface area contributed by atoms with Crippen LogP contribution in [0.2, 0.25) is 0 Å². The number of carbonyl (C=O) groups is 2. The average molecular weight is 551 g/mol. The van der Waals surface area contributed by atoms with Gasteiger partial charge in [0.1, 0.15) is 13.2 Å². The van der Waals surface area contributed by atoms with Crippen molar-refractivity contribution in [3.63, 3.8) is 0 Å². The summed E-state index contributed by atoms with van der Waals surface area (Å²) < 4.78 is 10.7. The van der Waals surface area contributed by atoms with Crippen LogP contribution in [0, 0.1) is 11.8 Å². The fraction of sp³-hybridized carbons (Fsp3) is 0.529. The molecule has 2 N–H and O–H groups in total. The number of hydrogen-bond donors (Lipinski definition) is 2. The maximum atomic E-state index is 12.1. The molecule has 3 rings (SSSR count). The van der Waals surface area contributed by atoms with Gasteiger partial charge in [0.05, 0.1) is 30.6 Å². The molecule has 0 saturated heterocycles. The molecule has 1 saturated carbocycles. The van der Waals surface area contributed by atoms with E-state index in [1.165, 1.54) is 56.9 Å². The van der Waals surface area contributed by atoms with E-state index in [-0.39, 0.29) is 25.4 Å². The molecular weight excluding hydrogens is 504 g/mol. The number of ether oxygens (including phenoxy) is 2. The molecule has 2 unspecified atom stereocenters. The SMILES string of the molecule is C=C(CO)C(=O)OCC(COC(=O)C(C)CO)c1ccc(-c2ccc(C3CCC(CCCCC)CC3)cc2)cc1. The highest BCUT2D eigenvalue weighted by atomic mass is 16.5. The van der Waals surface area contributed by atoms with Crippen LogP contribution in [0.4, 0.5) is 0 Å². The standard InChI is InChI=1S/C34H46O6/c1-4-5-6-7-26-8-10-27(11-9-26)28-12-14-29(15-13-28)30-16-18-31(19-17-30)32(22-39-33(37)24(2)20-35)23-40-34(38)25(3)21-36/h12-19,25-27,32,35-36H,2,4-11,20-23H2,1,3H3. The summed E-state index contributed by atoms with van der Waals surface area (Å²) in [6, 6.07) is 16.9. The molecule has 0 bridgehead atoms. The van der Waals surface area contributed by atoms with Gasteiger partial charge in [-0.25, -0.2) is 4.79 Å². The monoisotopic (exact) mass is 550 g/mol. The molecule has 2 atom stereocenters. The topological polar surface area (TPSA) is 93.1 Å². The van der Waals surface area contributed by atoms with Crippen LogP contribution in [0.15, 0.2) is 60.7 Å². The van der Waals surface area contributed by atoms with Gasteiger partial charge in [0.25, 0.3) is 0 Å². The van der Waals surface area contributed by atoms with Crippen LogP contribution in [-0.2, 0) is 19.1 Å². The second-order valence-corrected chi connectivity index (χ2v) is 11.2. The minimum Gasteiger partial charge on any atom is -0.465 e. The van der Waals surface area contributed by atoms with Crippen molar-refractivity contribution in [2.75, 3.05) is 26.4 Å². The van der Waals surface area contributed by atoms with Crippen molar-refractivity contribution in [1.29, 1.82) is 0 Å². The van der Waals surface area contributed by atoms with E-state index < -0.39 is 30.4 Å². The van der Waals surface area contributed by atoms with Crippen molar-refractivity contribution in [1.82, 2.24) is 0 Å². The molecule has 40 heavy (non-hydrogen) atoms. The normalized spacial score (nSPS) is 18.5. The van der Waals surface area contributed by atoms with Gasteiger partial charge in [-0.15, -0.1) is 0 Å². The lowest BCUT2D eigenvalue weighted by molar-refractivity contribution is -0.150. The van der Waals surface area contributed by atoms with Crippen molar-refractivity contribution in [3.8, 4) is 11.1 Å². The van der Waals surface area contributed by atoms with Crippen LogP contribution in [0.25, 0.3) is 11.1 Å². The maximum Gasteiger partial charge on any atom is 0.335 e. The molecule has 0 radical (unpaired) electrons. The van der Waals surface area contributed by atoms with Crippen molar-refractivity contribution in [3.05, 3.63) is 71.8 Å². The zero-order chi connectivity index (χ0) is 28.9. The smallest absolute Gasteiger partial charge is 0.335 e. The first-order valence-corrected chi connectivity index (χ1v) is 14.8. The summed E-state index contributed by atoms with van der Waals surface area (Å²) in [6.07, 6.45) is 10.7. The molecule has 0 aromatic heterocycles. The predicted molar refractivity (Wildman–Crippen MR) is 158 cm³/mol. The average Bonchev–Trinajstić information content (AvgIpc) is 3.00. The summed E-state index contributed by atoms with van der Waals surface area (Å²) >= 11 is 0. The Morgan fingerprint density at radius 3 is 2.08 bits per heavy atom. The summed E-state index contributed by atoms with van der Waals surface area (Å²) in [5, 5.41) is 18.4. The molecule has 0 aliphatic heterocycles. The molecule has 1 aliphatic rings. The van der Waals surface area contributed by atoms with Gasteiger partial charge in [0, 0.05) is 0 Å².